The molecule has 7 heteroatoms. The fraction of sp³-hybridized carbons (Fsp3) is 0.300. The first-order valence-corrected chi connectivity index (χ1v) is 5.56. The van der Waals surface area contributed by atoms with Crippen LogP contribution in [0.15, 0.2) is 10.5 Å². The van der Waals surface area contributed by atoms with E-state index in [0.29, 0.717) is 5.75 Å². The highest BCUT2D eigenvalue weighted by molar-refractivity contribution is 9.10. The van der Waals surface area contributed by atoms with Crippen LogP contribution in [0.2, 0.25) is 0 Å². The van der Waals surface area contributed by atoms with Gasteiger partial charge in [0, 0.05) is 18.2 Å². The average molecular weight is 306 g/mol. The Hall–Kier alpha value is -1.34. The lowest BCUT2D eigenvalue weighted by molar-refractivity contribution is -0.138. The van der Waals surface area contributed by atoms with Gasteiger partial charge >= 0.3 is 5.97 Å². The van der Waals surface area contributed by atoms with Gasteiger partial charge in [-0.1, -0.05) is 0 Å². The van der Waals surface area contributed by atoms with E-state index in [0.717, 1.165) is 6.07 Å². The second kappa shape index (κ2) is 4.50. The highest BCUT2D eigenvalue weighted by atomic mass is 79.9. The summed E-state index contributed by atoms with van der Waals surface area (Å²) in [5, 5.41) is 8.98. The number of hydrogen-bond acceptors (Lipinski definition) is 4. The fourth-order valence-corrected chi connectivity index (χ4v) is 2.42. The minimum Gasteiger partial charge on any atom is -0.481 e. The van der Waals surface area contributed by atoms with Crippen LogP contribution >= 0.6 is 15.9 Å². The second-order valence-corrected chi connectivity index (χ2v) is 4.24. The summed E-state index contributed by atoms with van der Waals surface area (Å²) in [6.45, 7) is -0.221. The van der Waals surface area contributed by atoms with Crippen molar-refractivity contribution in [3.63, 3.8) is 0 Å². The molecule has 3 N–H and O–H groups in total. The summed E-state index contributed by atoms with van der Waals surface area (Å²) in [4.78, 5) is 11.0. The maximum Gasteiger partial charge on any atom is 0.312 e. The Labute approximate surface area is 104 Å². The summed E-state index contributed by atoms with van der Waals surface area (Å²) >= 11 is 3.13. The Balaban J connectivity index is 2.58. The Morgan fingerprint density at radius 2 is 2.35 bits per heavy atom. The van der Waals surface area contributed by atoms with E-state index in [2.05, 4.69) is 15.9 Å². The normalized spacial score (nSPS) is 14.8. The van der Waals surface area contributed by atoms with Crippen LogP contribution in [0.4, 0.5) is 4.39 Å². The molecule has 0 fully saturated rings. The number of aliphatic carboxylic acids is 1. The van der Waals surface area contributed by atoms with E-state index >= 15 is 0 Å². The van der Waals surface area contributed by atoms with Crippen LogP contribution in [0, 0.1) is 5.82 Å². The molecule has 0 amide bonds. The van der Waals surface area contributed by atoms with Gasteiger partial charge in [-0.25, -0.2) is 4.39 Å². The molecule has 1 aliphatic heterocycles. The largest absolute Gasteiger partial charge is 0.481 e. The van der Waals surface area contributed by atoms with Crippen molar-refractivity contribution in [2.24, 2.45) is 5.73 Å². The van der Waals surface area contributed by atoms with Crippen LogP contribution in [0.5, 0.6) is 11.5 Å². The second-order valence-electron chi connectivity index (χ2n) is 3.45. The summed E-state index contributed by atoms with van der Waals surface area (Å²) in [5.41, 5.74) is 5.32. The van der Waals surface area contributed by atoms with E-state index < -0.39 is 17.7 Å². The number of fused-ring (bicyclic) bond motifs is 1. The standard InChI is InChI=1S/C10H9BrFNO4/c11-8-7(4(2-13)10(14)15)5(12)1-6-9(8)17-3-16-6/h1,4H,2-3,13H2,(H,14,15). The maximum absolute atomic E-state index is 13.8. The fourth-order valence-electron chi connectivity index (χ4n) is 1.65. The topological polar surface area (TPSA) is 81.8 Å². The summed E-state index contributed by atoms with van der Waals surface area (Å²) in [7, 11) is 0. The van der Waals surface area contributed by atoms with E-state index in [-0.39, 0.29) is 29.1 Å². The lowest BCUT2D eigenvalue weighted by Crippen LogP contribution is -2.22. The van der Waals surface area contributed by atoms with E-state index in [1.54, 1.807) is 0 Å². The molecule has 1 atom stereocenters. The van der Waals surface area contributed by atoms with Crippen LogP contribution in [-0.4, -0.2) is 24.4 Å². The molecule has 0 saturated carbocycles. The number of benzene rings is 1. The van der Waals surface area contributed by atoms with Crippen molar-refractivity contribution in [1.29, 1.82) is 0 Å². The van der Waals surface area contributed by atoms with Crippen molar-refractivity contribution in [1.82, 2.24) is 0 Å². The van der Waals surface area contributed by atoms with E-state index in [1.807, 2.05) is 0 Å². The summed E-state index contributed by atoms with van der Waals surface area (Å²) < 4.78 is 24.2. The quantitative estimate of drug-likeness (QED) is 0.883. The number of halogens is 2. The SMILES string of the molecule is NCC(C(=O)O)c1c(F)cc2c(c1Br)OCO2. The molecule has 1 aromatic carbocycles. The molecule has 5 nitrogen and oxygen atoms in total. The van der Waals surface area contributed by atoms with Crippen LogP contribution in [-0.2, 0) is 4.79 Å². The number of hydrogen-bond donors (Lipinski definition) is 2. The Morgan fingerprint density at radius 1 is 1.65 bits per heavy atom. The molecule has 0 aromatic heterocycles. The van der Waals surface area contributed by atoms with Gasteiger partial charge in [-0.05, 0) is 15.9 Å². The maximum atomic E-state index is 13.8. The predicted molar refractivity (Wildman–Crippen MR) is 59.7 cm³/mol. The number of ether oxygens (including phenoxy) is 2. The van der Waals surface area contributed by atoms with Gasteiger partial charge in [0.2, 0.25) is 6.79 Å². The molecule has 17 heavy (non-hydrogen) atoms. The Kier molecular flexibility index (Phi) is 3.21. The summed E-state index contributed by atoms with van der Waals surface area (Å²) in [6, 6.07) is 1.11. The first kappa shape index (κ1) is 12.1. The molecule has 0 bridgehead atoms. The number of carboxylic acids is 1. The molecule has 0 saturated heterocycles. The highest BCUT2D eigenvalue weighted by Gasteiger charge is 2.30. The smallest absolute Gasteiger partial charge is 0.312 e. The Bertz CT molecular complexity index is 480. The number of carboxylic acid groups (broad SMARTS) is 1. The zero-order chi connectivity index (χ0) is 12.6. The third kappa shape index (κ3) is 1.96. The first-order valence-electron chi connectivity index (χ1n) is 4.76. The lowest BCUT2D eigenvalue weighted by atomic mass is 9.98. The van der Waals surface area contributed by atoms with Crippen molar-refractivity contribution >= 4 is 21.9 Å². The highest BCUT2D eigenvalue weighted by Crippen LogP contribution is 2.44. The van der Waals surface area contributed by atoms with Crippen molar-refractivity contribution in [2.75, 3.05) is 13.3 Å². The van der Waals surface area contributed by atoms with E-state index in [4.69, 9.17) is 20.3 Å². The van der Waals surface area contributed by atoms with Crippen LogP contribution in [0.25, 0.3) is 0 Å². The molecule has 0 aliphatic carbocycles. The van der Waals surface area contributed by atoms with Crippen molar-refractivity contribution in [2.45, 2.75) is 5.92 Å². The Morgan fingerprint density at radius 3 is 2.94 bits per heavy atom. The predicted octanol–water partition coefficient (Wildman–Crippen LogP) is 1.44. The van der Waals surface area contributed by atoms with Crippen LogP contribution < -0.4 is 15.2 Å². The third-order valence-corrected chi connectivity index (χ3v) is 3.26. The minimum absolute atomic E-state index is 0.0167. The first-order chi connectivity index (χ1) is 8.06. The molecule has 1 unspecified atom stereocenters. The number of nitrogens with two attached hydrogens (primary N) is 1. The van der Waals surface area contributed by atoms with Gasteiger partial charge in [-0.3, -0.25) is 4.79 Å². The van der Waals surface area contributed by atoms with Crippen molar-refractivity contribution in [3.8, 4) is 11.5 Å². The molecule has 1 heterocycles. The van der Waals surface area contributed by atoms with Gasteiger partial charge in [0.05, 0.1) is 10.4 Å². The van der Waals surface area contributed by atoms with Crippen molar-refractivity contribution in [3.05, 3.63) is 21.9 Å². The van der Waals surface area contributed by atoms with Gasteiger partial charge in [-0.2, -0.15) is 0 Å². The molecule has 2 rings (SSSR count). The molecular formula is C10H9BrFNO4. The minimum atomic E-state index is -1.19. The monoisotopic (exact) mass is 305 g/mol. The van der Waals surface area contributed by atoms with Gasteiger partial charge in [-0.15, -0.1) is 0 Å². The molecule has 0 spiro atoms. The number of rotatable bonds is 3. The van der Waals surface area contributed by atoms with Gasteiger partial charge in [0.1, 0.15) is 5.82 Å². The van der Waals surface area contributed by atoms with E-state index in [9.17, 15) is 9.18 Å². The lowest BCUT2D eigenvalue weighted by Gasteiger charge is -2.14. The molecule has 1 aromatic rings. The number of carbonyl (C=O) groups is 1. The van der Waals surface area contributed by atoms with Gasteiger partial charge in [0.15, 0.2) is 11.5 Å². The van der Waals surface area contributed by atoms with Crippen LogP contribution in [0.3, 0.4) is 0 Å². The molecule has 1 aliphatic rings. The third-order valence-electron chi connectivity index (χ3n) is 2.47. The van der Waals surface area contributed by atoms with E-state index in [1.165, 1.54) is 0 Å². The summed E-state index contributed by atoms with van der Waals surface area (Å²) in [5.74, 6) is -2.44. The van der Waals surface area contributed by atoms with Gasteiger partial charge < -0.3 is 20.3 Å². The van der Waals surface area contributed by atoms with Gasteiger partial charge in [0.25, 0.3) is 0 Å². The summed E-state index contributed by atoms with van der Waals surface area (Å²) in [6.07, 6.45) is 0. The molecule has 0 radical (unpaired) electrons. The van der Waals surface area contributed by atoms with Crippen molar-refractivity contribution < 1.29 is 23.8 Å². The zero-order valence-corrected chi connectivity index (χ0v) is 10.2. The molecular weight excluding hydrogens is 297 g/mol. The zero-order valence-electron chi connectivity index (χ0n) is 8.57. The van der Waals surface area contributed by atoms with Crippen LogP contribution in [0.1, 0.15) is 11.5 Å². The average Bonchev–Trinajstić information content (AvgIpc) is 2.71. The molecule has 92 valence electrons.